The summed E-state index contributed by atoms with van der Waals surface area (Å²) in [5.74, 6) is 0.784. The molecule has 0 unspecified atom stereocenters. The zero-order valence-electron chi connectivity index (χ0n) is 7.09. The number of ether oxygens (including phenoxy) is 2. The molecule has 1 heterocycles. The summed E-state index contributed by atoms with van der Waals surface area (Å²) in [5.41, 5.74) is 0. The molecule has 0 saturated carbocycles. The third-order valence-corrected chi connectivity index (χ3v) is 2.56. The molecule has 13 heavy (non-hydrogen) atoms. The highest BCUT2D eigenvalue weighted by Crippen LogP contribution is 2.22. The number of pyridine rings is 1. The Labute approximate surface area is 99.1 Å². The van der Waals surface area contributed by atoms with Crippen LogP contribution < -0.4 is 4.74 Å². The fourth-order valence-electron chi connectivity index (χ4n) is 0.740. The SMILES string of the molecule is COCCOc1cc(Br)cnc1I. The van der Waals surface area contributed by atoms with Crippen LogP contribution in [0.1, 0.15) is 0 Å². The third kappa shape index (κ3) is 3.78. The first-order valence-electron chi connectivity index (χ1n) is 3.67. The maximum absolute atomic E-state index is 5.43. The third-order valence-electron chi connectivity index (χ3n) is 1.32. The molecule has 0 atom stereocenters. The lowest BCUT2D eigenvalue weighted by Gasteiger charge is -2.06. The molecule has 0 aliphatic carbocycles. The number of methoxy groups -OCH3 is 1. The summed E-state index contributed by atoms with van der Waals surface area (Å²) < 4.78 is 12.1. The zero-order valence-corrected chi connectivity index (χ0v) is 10.8. The molecule has 0 amide bonds. The lowest BCUT2D eigenvalue weighted by atomic mass is 10.5. The van der Waals surface area contributed by atoms with E-state index in [9.17, 15) is 0 Å². The monoisotopic (exact) mass is 357 g/mol. The maximum Gasteiger partial charge on any atom is 0.152 e. The number of hydrogen-bond donors (Lipinski definition) is 0. The van der Waals surface area contributed by atoms with Crippen LogP contribution in [0.5, 0.6) is 5.75 Å². The summed E-state index contributed by atoms with van der Waals surface area (Å²) in [5, 5.41) is 0. The van der Waals surface area contributed by atoms with Crippen LogP contribution in [-0.4, -0.2) is 25.3 Å². The molecule has 0 radical (unpaired) electrons. The summed E-state index contributed by atoms with van der Waals surface area (Å²) in [7, 11) is 1.65. The predicted octanol–water partition coefficient (Wildman–Crippen LogP) is 2.47. The van der Waals surface area contributed by atoms with Gasteiger partial charge >= 0.3 is 0 Å². The number of rotatable bonds is 4. The first-order valence-corrected chi connectivity index (χ1v) is 5.54. The van der Waals surface area contributed by atoms with Gasteiger partial charge in [-0.2, -0.15) is 0 Å². The molecule has 0 aromatic carbocycles. The van der Waals surface area contributed by atoms with Gasteiger partial charge in [0.25, 0.3) is 0 Å². The Balaban J connectivity index is 2.59. The second-order valence-electron chi connectivity index (χ2n) is 2.28. The van der Waals surface area contributed by atoms with Crippen molar-refractivity contribution in [1.29, 1.82) is 0 Å². The standard InChI is InChI=1S/C8H9BrINO2/c1-12-2-3-13-7-4-6(9)5-11-8(7)10/h4-5H,2-3H2,1H3. The molecule has 0 saturated heterocycles. The van der Waals surface area contributed by atoms with Gasteiger partial charge < -0.3 is 9.47 Å². The van der Waals surface area contributed by atoms with Crippen molar-refractivity contribution < 1.29 is 9.47 Å². The number of nitrogens with zero attached hydrogens (tertiary/aromatic N) is 1. The maximum atomic E-state index is 5.43. The van der Waals surface area contributed by atoms with E-state index in [0.717, 1.165) is 13.9 Å². The lowest BCUT2D eigenvalue weighted by molar-refractivity contribution is 0.145. The second kappa shape index (κ2) is 5.77. The van der Waals surface area contributed by atoms with Gasteiger partial charge in [-0.1, -0.05) is 0 Å². The van der Waals surface area contributed by atoms with Crippen LogP contribution in [0.2, 0.25) is 0 Å². The minimum atomic E-state index is 0.546. The Bertz CT molecular complexity index is 283. The molecular formula is C8H9BrINO2. The van der Waals surface area contributed by atoms with Crippen molar-refractivity contribution in [3.63, 3.8) is 0 Å². The van der Waals surface area contributed by atoms with Crippen molar-refractivity contribution >= 4 is 38.5 Å². The highest BCUT2D eigenvalue weighted by molar-refractivity contribution is 14.1. The Morgan fingerprint density at radius 1 is 1.54 bits per heavy atom. The Morgan fingerprint density at radius 2 is 2.31 bits per heavy atom. The minimum absolute atomic E-state index is 0.546. The van der Waals surface area contributed by atoms with Crippen LogP contribution in [0.3, 0.4) is 0 Å². The van der Waals surface area contributed by atoms with E-state index in [-0.39, 0.29) is 0 Å². The molecule has 3 nitrogen and oxygen atoms in total. The van der Waals surface area contributed by atoms with Crippen molar-refractivity contribution in [1.82, 2.24) is 4.98 Å². The van der Waals surface area contributed by atoms with E-state index in [1.54, 1.807) is 13.3 Å². The van der Waals surface area contributed by atoms with Crippen molar-refractivity contribution in [2.45, 2.75) is 0 Å². The van der Waals surface area contributed by atoms with Crippen LogP contribution in [0.15, 0.2) is 16.7 Å². The molecule has 0 aliphatic heterocycles. The van der Waals surface area contributed by atoms with Gasteiger partial charge in [-0.15, -0.1) is 0 Å². The smallest absolute Gasteiger partial charge is 0.152 e. The molecule has 0 bridgehead atoms. The van der Waals surface area contributed by atoms with Crippen molar-refractivity contribution in [3.05, 3.63) is 20.4 Å². The van der Waals surface area contributed by atoms with Gasteiger partial charge in [-0.25, -0.2) is 4.98 Å². The molecular weight excluding hydrogens is 349 g/mol. The van der Waals surface area contributed by atoms with Crippen LogP contribution in [-0.2, 0) is 4.74 Å². The molecule has 72 valence electrons. The quantitative estimate of drug-likeness (QED) is 0.471. The van der Waals surface area contributed by atoms with E-state index < -0.39 is 0 Å². The average molecular weight is 358 g/mol. The van der Waals surface area contributed by atoms with Crippen LogP contribution in [0, 0.1) is 3.70 Å². The highest BCUT2D eigenvalue weighted by atomic mass is 127. The first-order chi connectivity index (χ1) is 6.24. The van der Waals surface area contributed by atoms with Gasteiger partial charge in [0.2, 0.25) is 0 Å². The first kappa shape index (κ1) is 11.2. The second-order valence-corrected chi connectivity index (χ2v) is 4.22. The van der Waals surface area contributed by atoms with Crippen molar-refractivity contribution in [2.75, 3.05) is 20.3 Å². The van der Waals surface area contributed by atoms with E-state index >= 15 is 0 Å². The summed E-state index contributed by atoms with van der Waals surface area (Å²) in [6.07, 6.45) is 1.74. The van der Waals surface area contributed by atoms with Crippen LogP contribution >= 0.6 is 38.5 Å². The highest BCUT2D eigenvalue weighted by Gasteiger charge is 2.02. The van der Waals surface area contributed by atoms with Gasteiger partial charge in [0.15, 0.2) is 5.75 Å². The van der Waals surface area contributed by atoms with Crippen molar-refractivity contribution in [2.24, 2.45) is 0 Å². The number of halogens is 2. The van der Waals surface area contributed by atoms with Crippen molar-refractivity contribution in [3.8, 4) is 5.75 Å². The zero-order chi connectivity index (χ0) is 9.68. The van der Waals surface area contributed by atoms with E-state index in [2.05, 4.69) is 43.5 Å². The Kier molecular flexibility index (Phi) is 4.97. The lowest BCUT2D eigenvalue weighted by Crippen LogP contribution is -2.05. The van der Waals surface area contributed by atoms with E-state index in [0.29, 0.717) is 13.2 Å². The summed E-state index contributed by atoms with van der Waals surface area (Å²) in [6.45, 7) is 1.13. The molecule has 0 spiro atoms. The van der Waals surface area contributed by atoms with Gasteiger partial charge in [-0.3, -0.25) is 0 Å². The summed E-state index contributed by atoms with van der Waals surface area (Å²) in [6, 6.07) is 1.89. The summed E-state index contributed by atoms with van der Waals surface area (Å²) in [4.78, 5) is 4.13. The largest absolute Gasteiger partial charge is 0.488 e. The Morgan fingerprint density at radius 3 is 3.00 bits per heavy atom. The Hall–Kier alpha value is 0.120. The predicted molar refractivity (Wildman–Crippen MR) is 62.0 cm³/mol. The molecule has 0 fully saturated rings. The topological polar surface area (TPSA) is 31.4 Å². The molecule has 1 aromatic heterocycles. The molecule has 1 rings (SSSR count). The van der Waals surface area contributed by atoms with E-state index in [1.165, 1.54) is 0 Å². The van der Waals surface area contributed by atoms with E-state index in [1.807, 2.05) is 6.07 Å². The minimum Gasteiger partial charge on any atom is -0.488 e. The fraction of sp³-hybridized carbons (Fsp3) is 0.375. The van der Waals surface area contributed by atoms with Gasteiger partial charge in [-0.05, 0) is 44.6 Å². The summed E-state index contributed by atoms with van der Waals surface area (Å²) >= 11 is 5.46. The van der Waals surface area contributed by atoms with Gasteiger partial charge in [0, 0.05) is 17.8 Å². The van der Waals surface area contributed by atoms with E-state index in [4.69, 9.17) is 9.47 Å². The number of aromatic nitrogens is 1. The molecule has 0 N–H and O–H groups in total. The number of hydrogen-bond acceptors (Lipinski definition) is 3. The van der Waals surface area contributed by atoms with Gasteiger partial charge in [0.05, 0.1) is 6.61 Å². The molecule has 5 heteroatoms. The normalized spacial score (nSPS) is 10.1. The molecule has 1 aromatic rings. The molecule has 0 aliphatic rings. The van der Waals surface area contributed by atoms with Crippen LogP contribution in [0.4, 0.5) is 0 Å². The van der Waals surface area contributed by atoms with Gasteiger partial charge in [0.1, 0.15) is 10.3 Å². The average Bonchev–Trinajstić information content (AvgIpc) is 2.11. The fourth-order valence-corrected chi connectivity index (χ4v) is 1.50. The van der Waals surface area contributed by atoms with Crippen LogP contribution in [0.25, 0.3) is 0 Å².